The smallest absolute Gasteiger partial charge is 0.335 e. The standard InChI is InChI=1S/C4H6N4O2/c5-3(9)2-1-6-4(10)8-7-2/h1H2,(H2,5,9)(H2,6,8,10). The van der Waals surface area contributed by atoms with Crippen molar-refractivity contribution < 1.29 is 9.59 Å². The van der Waals surface area contributed by atoms with Crippen molar-refractivity contribution in [2.24, 2.45) is 10.8 Å². The van der Waals surface area contributed by atoms with Crippen molar-refractivity contribution in [3.63, 3.8) is 0 Å². The third-order valence-electron chi connectivity index (χ3n) is 0.993. The van der Waals surface area contributed by atoms with E-state index in [1.165, 1.54) is 0 Å². The van der Waals surface area contributed by atoms with E-state index >= 15 is 0 Å². The van der Waals surface area contributed by atoms with Gasteiger partial charge in [0.2, 0.25) is 0 Å². The average Bonchev–Trinajstić information content (AvgIpc) is 1.88. The molecule has 0 aromatic carbocycles. The highest BCUT2D eigenvalue weighted by molar-refractivity contribution is 6.39. The molecule has 0 radical (unpaired) electrons. The molecular weight excluding hydrogens is 136 g/mol. The molecule has 0 spiro atoms. The molecule has 4 N–H and O–H groups in total. The van der Waals surface area contributed by atoms with Crippen molar-refractivity contribution in [3.8, 4) is 0 Å². The first-order valence-corrected chi connectivity index (χ1v) is 2.60. The van der Waals surface area contributed by atoms with Crippen molar-refractivity contribution in [1.82, 2.24) is 10.7 Å². The largest absolute Gasteiger partial charge is 0.364 e. The predicted molar refractivity (Wildman–Crippen MR) is 33.2 cm³/mol. The van der Waals surface area contributed by atoms with Crippen molar-refractivity contribution in [3.05, 3.63) is 0 Å². The van der Waals surface area contributed by atoms with Crippen LogP contribution in [0.25, 0.3) is 0 Å². The second-order valence-electron chi connectivity index (χ2n) is 1.72. The summed E-state index contributed by atoms with van der Waals surface area (Å²) in [6.45, 7) is 0.0984. The van der Waals surface area contributed by atoms with Gasteiger partial charge in [0.05, 0.1) is 6.54 Å². The number of amides is 3. The number of carbonyl (C=O) groups is 2. The molecule has 1 aliphatic rings. The fourth-order valence-corrected chi connectivity index (χ4v) is 0.504. The fraction of sp³-hybridized carbons (Fsp3) is 0.250. The van der Waals surface area contributed by atoms with E-state index < -0.39 is 11.9 Å². The molecule has 0 fully saturated rings. The zero-order chi connectivity index (χ0) is 7.56. The number of primary amides is 1. The molecule has 0 aromatic rings. The van der Waals surface area contributed by atoms with Crippen molar-refractivity contribution >= 4 is 17.6 Å². The Morgan fingerprint density at radius 1 is 1.70 bits per heavy atom. The van der Waals surface area contributed by atoms with Gasteiger partial charge >= 0.3 is 6.03 Å². The Balaban J connectivity index is 2.65. The maximum absolute atomic E-state index is 10.4. The molecule has 0 bridgehead atoms. The minimum atomic E-state index is -0.632. The van der Waals surface area contributed by atoms with Crippen LogP contribution in [-0.4, -0.2) is 24.2 Å². The van der Waals surface area contributed by atoms with Crippen LogP contribution in [0.15, 0.2) is 5.10 Å². The summed E-state index contributed by atoms with van der Waals surface area (Å²) in [5.74, 6) is -0.632. The highest BCUT2D eigenvalue weighted by atomic mass is 16.2. The number of hydrogen-bond acceptors (Lipinski definition) is 3. The first kappa shape index (κ1) is 6.53. The molecule has 54 valence electrons. The maximum Gasteiger partial charge on any atom is 0.335 e. The van der Waals surface area contributed by atoms with Crippen molar-refractivity contribution in [2.45, 2.75) is 0 Å². The van der Waals surface area contributed by atoms with Crippen LogP contribution in [0.2, 0.25) is 0 Å². The van der Waals surface area contributed by atoms with Gasteiger partial charge in [-0.05, 0) is 0 Å². The zero-order valence-electron chi connectivity index (χ0n) is 5.05. The van der Waals surface area contributed by atoms with E-state index in [1.54, 1.807) is 0 Å². The third kappa shape index (κ3) is 1.22. The van der Waals surface area contributed by atoms with Gasteiger partial charge in [0.25, 0.3) is 5.91 Å². The van der Waals surface area contributed by atoms with Gasteiger partial charge in [-0.3, -0.25) is 4.79 Å². The van der Waals surface area contributed by atoms with Crippen LogP contribution in [0.3, 0.4) is 0 Å². The second kappa shape index (κ2) is 2.34. The van der Waals surface area contributed by atoms with Crippen LogP contribution in [0.4, 0.5) is 4.79 Å². The molecule has 3 amide bonds. The normalized spacial score (nSPS) is 16.8. The minimum absolute atomic E-state index is 0.0984. The quantitative estimate of drug-likeness (QED) is 0.400. The highest BCUT2D eigenvalue weighted by Crippen LogP contribution is 1.80. The SMILES string of the molecule is NC(=O)C1=NNC(=O)NC1. The summed E-state index contributed by atoms with van der Waals surface area (Å²) in [4.78, 5) is 20.7. The minimum Gasteiger partial charge on any atom is -0.364 e. The molecule has 0 aliphatic carbocycles. The van der Waals surface area contributed by atoms with Gasteiger partial charge in [0.1, 0.15) is 5.71 Å². The molecule has 0 atom stereocenters. The Labute approximate surface area is 56.5 Å². The number of nitrogens with one attached hydrogen (secondary N) is 2. The van der Waals surface area contributed by atoms with Gasteiger partial charge in [-0.25, -0.2) is 10.2 Å². The molecule has 0 unspecified atom stereocenters. The van der Waals surface area contributed by atoms with Crippen LogP contribution in [-0.2, 0) is 4.79 Å². The number of hydrazone groups is 1. The van der Waals surface area contributed by atoms with E-state index in [4.69, 9.17) is 5.73 Å². The molecule has 6 heteroatoms. The number of hydrogen-bond donors (Lipinski definition) is 3. The van der Waals surface area contributed by atoms with Crippen LogP contribution < -0.4 is 16.5 Å². The maximum atomic E-state index is 10.4. The van der Waals surface area contributed by atoms with Gasteiger partial charge < -0.3 is 11.1 Å². The number of carbonyl (C=O) groups excluding carboxylic acids is 2. The van der Waals surface area contributed by atoms with Gasteiger partial charge in [-0.1, -0.05) is 0 Å². The summed E-state index contributed by atoms with van der Waals surface area (Å²) in [7, 11) is 0. The van der Waals surface area contributed by atoms with Crippen molar-refractivity contribution in [1.29, 1.82) is 0 Å². The summed E-state index contributed by atoms with van der Waals surface area (Å²) >= 11 is 0. The van der Waals surface area contributed by atoms with E-state index in [0.717, 1.165) is 0 Å². The number of urea groups is 1. The lowest BCUT2D eigenvalue weighted by Crippen LogP contribution is -2.46. The number of nitrogens with two attached hydrogens (primary N) is 1. The van der Waals surface area contributed by atoms with Crippen molar-refractivity contribution in [2.75, 3.05) is 6.54 Å². The summed E-state index contributed by atoms with van der Waals surface area (Å²) < 4.78 is 0. The molecule has 6 nitrogen and oxygen atoms in total. The van der Waals surface area contributed by atoms with E-state index in [0.29, 0.717) is 0 Å². The van der Waals surface area contributed by atoms with Crippen LogP contribution in [0.5, 0.6) is 0 Å². The van der Waals surface area contributed by atoms with E-state index in [2.05, 4.69) is 15.8 Å². The number of nitrogens with zero attached hydrogens (tertiary/aromatic N) is 1. The lowest BCUT2D eigenvalue weighted by molar-refractivity contribution is -0.112. The Morgan fingerprint density at radius 3 is 2.80 bits per heavy atom. The summed E-state index contributed by atoms with van der Waals surface area (Å²) in [5.41, 5.74) is 7.03. The van der Waals surface area contributed by atoms with Crippen LogP contribution in [0.1, 0.15) is 0 Å². The molecule has 0 aromatic heterocycles. The summed E-state index contributed by atoms with van der Waals surface area (Å²) in [5, 5.41) is 5.72. The van der Waals surface area contributed by atoms with E-state index in [-0.39, 0.29) is 12.3 Å². The Hall–Kier alpha value is -1.59. The van der Waals surface area contributed by atoms with Gasteiger partial charge in [-0.15, -0.1) is 0 Å². The first-order chi connectivity index (χ1) is 4.70. The Morgan fingerprint density at radius 2 is 2.40 bits per heavy atom. The summed E-state index contributed by atoms with van der Waals surface area (Å²) in [6, 6.07) is -0.426. The number of rotatable bonds is 1. The molecule has 1 rings (SSSR count). The molecule has 1 aliphatic heterocycles. The fourth-order valence-electron chi connectivity index (χ4n) is 0.504. The molecule has 0 saturated heterocycles. The van der Waals surface area contributed by atoms with Crippen LogP contribution in [0, 0.1) is 0 Å². The van der Waals surface area contributed by atoms with E-state index in [9.17, 15) is 9.59 Å². The Kier molecular flexibility index (Phi) is 1.53. The lowest BCUT2D eigenvalue weighted by Gasteiger charge is -2.10. The first-order valence-electron chi connectivity index (χ1n) is 2.60. The zero-order valence-corrected chi connectivity index (χ0v) is 5.05. The lowest BCUT2D eigenvalue weighted by atomic mass is 10.3. The van der Waals surface area contributed by atoms with E-state index in [1.807, 2.05) is 0 Å². The van der Waals surface area contributed by atoms with Crippen LogP contribution >= 0.6 is 0 Å². The topological polar surface area (TPSA) is 96.6 Å². The van der Waals surface area contributed by atoms with Gasteiger partial charge in [0, 0.05) is 0 Å². The predicted octanol–water partition coefficient (Wildman–Crippen LogP) is -1.86. The molecule has 10 heavy (non-hydrogen) atoms. The van der Waals surface area contributed by atoms with Gasteiger partial charge in [-0.2, -0.15) is 5.10 Å². The highest BCUT2D eigenvalue weighted by Gasteiger charge is 2.13. The van der Waals surface area contributed by atoms with Gasteiger partial charge in [0.15, 0.2) is 0 Å². The molecule has 1 heterocycles. The third-order valence-corrected chi connectivity index (χ3v) is 0.993. The Bertz CT molecular complexity index is 209. The molecule has 0 saturated carbocycles. The summed E-state index contributed by atoms with van der Waals surface area (Å²) in [6.07, 6.45) is 0. The average molecular weight is 142 g/mol. The monoisotopic (exact) mass is 142 g/mol. The molecular formula is C4H6N4O2. The second-order valence-corrected chi connectivity index (χ2v) is 1.72.